The Hall–Kier alpha value is -2.35. The second-order valence-corrected chi connectivity index (χ2v) is 8.17. The highest BCUT2D eigenvalue weighted by Gasteiger charge is 2.21. The van der Waals surface area contributed by atoms with E-state index in [1.54, 1.807) is 18.2 Å². The second-order valence-electron chi connectivity index (χ2n) is 6.35. The highest BCUT2D eigenvalue weighted by atomic mass is 35.5. The summed E-state index contributed by atoms with van der Waals surface area (Å²) in [5.74, 6) is 1.31. The normalized spacial score (nSPS) is 10.8. The molecule has 0 aliphatic carbocycles. The van der Waals surface area contributed by atoms with E-state index in [1.165, 1.54) is 11.3 Å². The van der Waals surface area contributed by atoms with Gasteiger partial charge in [0, 0.05) is 17.1 Å². The molecule has 4 aromatic rings. The predicted octanol–water partition coefficient (Wildman–Crippen LogP) is 6.77. The average molecular weight is 465 g/mol. The van der Waals surface area contributed by atoms with E-state index in [0.717, 1.165) is 27.0 Å². The van der Waals surface area contributed by atoms with Gasteiger partial charge >= 0.3 is 0 Å². The summed E-state index contributed by atoms with van der Waals surface area (Å²) in [6.45, 7) is 10.2. The molecule has 0 saturated carbocycles. The van der Waals surface area contributed by atoms with Gasteiger partial charge in [0.2, 0.25) is 5.82 Å². The van der Waals surface area contributed by atoms with E-state index in [2.05, 4.69) is 15.1 Å². The van der Waals surface area contributed by atoms with Crippen molar-refractivity contribution in [3.63, 3.8) is 0 Å². The number of ether oxygens (including phenoxy) is 1. The molecule has 0 spiro atoms. The van der Waals surface area contributed by atoms with Gasteiger partial charge in [0.25, 0.3) is 5.89 Å². The van der Waals surface area contributed by atoms with E-state index >= 15 is 0 Å². The molecule has 3 heterocycles. The maximum absolute atomic E-state index is 6.38. The molecule has 2 N–H and O–H groups in total. The van der Waals surface area contributed by atoms with Crippen LogP contribution >= 0.6 is 34.5 Å². The molecule has 6 nitrogen and oxygen atoms in total. The Kier molecular flexibility index (Phi) is 6.85. The van der Waals surface area contributed by atoms with Gasteiger partial charge in [-0.05, 0) is 44.0 Å². The van der Waals surface area contributed by atoms with Crippen molar-refractivity contribution in [3.05, 3.63) is 50.9 Å². The molecule has 0 amide bonds. The number of aromatic nitrogens is 3. The zero-order chi connectivity index (χ0) is 22.0. The van der Waals surface area contributed by atoms with Crippen molar-refractivity contribution in [1.29, 1.82) is 0 Å². The number of pyridine rings is 1. The van der Waals surface area contributed by atoms with Gasteiger partial charge in [-0.2, -0.15) is 4.98 Å². The fourth-order valence-electron chi connectivity index (χ4n) is 2.85. The minimum absolute atomic E-state index is 0.127. The van der Waals surface area contributed by atoms with Crippen LogP contribution in [0, 0.1) is 20.8 Å². The number of aryl methyl sites for hydroxylation is 2. The third-order valence-corrected chi connectivity index (χ3v) is 6.42. The van der Waals surface area contributed by atoms with Crippen LogP contribution in [0.5, 0.6) is 5.75 Å². The van der Waals surface area contributed by atoms with Gasteiger partial charge in [-0.25, -0.2) is 4.98 Å². The number of rotatable bonds is 4. The summed E-state index contributed by atoms with van der Waals surface area (Å²) in [7, 11) is 0. The minimum atomic E-state index is 0.127. The molecule has 30 heavy (non-hydrogen) atoms. The Morgan fingerprint density at radius 3 is 2.50 bits per heavy atom. The van der Waals surface area contributed by atoms with Crippen LogP contribution in [0.2, 0.25) is 10.0 Å². The lowest BCUT2D eigenvalue weighted by Gasteiger charge is -2.05. The van der Waals surface area contributed by atoms with Crippen LogP contribution in [0.4, 0.5) is 5.69 Å². The zero-order valence-electron chi connectivity index (χ0n) is 17.3. The summed E-state index contributed by atoms with van der Waals surface area (Å²) in [5, 5.41) is 5.80. The molecule has 0 aliphatic rings. The lowest BCUT2D eigenvalue weighted by molar-refractivity contribution is 0.287. The van der Waals surface area contributed by atoms with Crippen LogP contribution in [-0.2, 0) is 6.61 Å². The SMILES string of the molecule is CC.Cc1nc2sc(-c3nc(COc4ccc(Cl)c(Cl)c4)no3)c(N)c2c(C)c1C. The number of hydrogen-bond acceptors (Lipinski definition) is 7. The summed E-state index contributed by atoms with van der Waals surface area (Å²) in [6, 6.07) is 5.02. The molecule has 9 heteroatoms. The number of nitrogen functional groups attached to an aromatic ring is 1. The first-order chi connectivity index (χ1) is 14.3. The Morgan fingerprint density at radius 1 is 1.07 bits per heavy atom. The molecule has 0 radical (unpaired) electrons. The highest BCUT2D eigenvalue weighted by Crippen LogP contribution is 2.41. The summed E-state index contributed by atoms with van der Waals surface area (Å²) in [4.78, 5) is 10.6. The molecule has 0 atom stereocenters. The van der Waals surface area contributed by atoms with Crippen LogP contribution in [0.1, 0.15) is 36.5 Å². The van der Waals surface area contributed by atoms with Crippen molar-refractivity contribution in [2.75, 3.05) is 5.73 Å². The first-order valence-electron chi connectivity index (χ1n) is 9.41. The lowest BCUT2D eigenvalue weighted by Crippen LogP contribution is -1.97. The van der Waals surface area contributed by atoms with E-state index < -0.39 is 0 Å². The van der Waals surface area contributed by atoms with Crippen LogP contribution in [-0.4, -0.2) is 15.1 Å². The molecular formula is C21H22Cl2N4O2S. The van der Waals surface area contributed by atoms with Crippen LogP contribution < -0.4 is 10.5 Å². The fourth-order valence-corrected chi connectivity index (χ4v) is 4.26. The molecule has 0 unspecified atom stereocenters. The molecule has 4 rings (SSSR count). The number of nitrogens with two attached hydrogens (primary N) is 1. The number of fused-ring (bicyclic) bond motifs is 1. The van der Waals surface area contributed by atoms with E-state index in [9.17, 15) is 0 Å². The molecule has 1 aromatic carbocycles. The third-order valence-electron chi connectivity index (χ3n) is 4.60. The van der Waals surface area contributed by atoms with Gasteiger partial charge in [0.1, 0.15) is 15.5 Å². The highest BCUT2D eigenvalue weighted by molar-refractivity contribution is 7.22. The van der Waals surface area contributed by atoms with Gasteiger partial charge in [0.05, 0.1) is 15.7 Å². The van der Waals surface area contributed by atoms with Crippen LogP contribution in [0.25, 0.3) is 21.0 Å². The van der Waals surface area contributed by atoms with Crippen molar-refractivity contribution in [2.24, 2.45) is 0 Å². The Morgan fingerprint density at radius 2 is 1.80 bits per heavy atom. The van der Waals surface area contributed by atoms with E-state index in [1.807, 2.05) is 34.6 Å². The maximum atomic E-state index is 6.38. The van der Waals surface area contributed by atoms with Crippen molar-refractivity contribution < 1.29 is 9.26 Å². The summed E-state index contributed by atoms with van der Waals surface area (Å²) in [6.07, 6.45) is 0. The smallest absolute Gasteiger partial charge is 0.270 e. The lowest BCUT2D eigenvalue weighted by atomic mass is 10.1. The first kappa shape index (κ1) is 22.3. The zero-order valence-corrected chi connectivity index (χ0v) is 19.7. The van der Waals surface area contributed by atoms with Gasteiger partial charge in [-0.1, -0.05) is 42.2 Å². The third kappa shape index (κ3) is 4.24. The van der Waals surface area contributed by atoms with E-state index in [0.29, 0.717) is 38.1 Å². The molecule has 158 valence electrons. The minimum Gasteiger partial charge on any atom is -0.485 e. The van der Waals surface area contributed by atoms with E-state index in [4.69, 9.17) is 38.2 Å². The molecule has 0 saturated heterocycles. The van der Waals surface area contributed by atoms with Crippen molar-refractivity contribution in [1.82, 2.24) is 15.1 Å². The Labute approximate surface area is 189 Å². The van der Waals surface area contributed by atoms with Gasteiger partial charge in [0.15, 0.2) is 6.61 Å². The number of halogens is 2. The van der Waals surface area contributed by atoms with E-state index in [-0.39, 0.29) is 6.61 Å². The summed E-state index contributed by atoms with van der Waals surface area (Å²) >= 11 is 13.3. The van der Waals surface area contributed by atoms with Crippen molar-refractivity contribution in [3.8, 4) is 16.5 Å². The summed E-state index contributed by atoms with van der Waals surface area (Å²) in [5.41, 5.74) is 10.2. The topological polar surface area (TPSA) is 87.1 Å². The standard InChI is InChI=1S/C19H16Cl2N4O2S.C2H6/c1-8-9(2)15-16(22)17(28-19(15)23-10(8)3)18-24-14(25-27-18)7-26-11-4-5-12(20)13(21)6-11;1-2/h4-6H,7,22H2,1-3H3;1-2H3. The Bertz CT molecular complexity index is 1200. The van der Waals surface area contributed by atoms with Crippen molar-refractivity contribution >= 4 is 50.4 Å². The number of hydrogen-bond donors (Lipinski definition) is 1. The number of nitrogens with zero attached hydrogens (tertiary/aromatic N) is 3. The van der Waals surface area contributed by atoms with Gasteiger partial charge in [-0.3, -0.25) is 0 Å². The first-order valence-corrected chi connectivity index (χ1v) is 11.0. The molecule has 3 aromatic heterocycles. The quantitative estimate of drug-likeness (QED) is 0.358. The Balaban J connectivity index is 0.00000124. The second kappa shape index (κ2) is 9.20. The van der Waals surface area contributed by atoms with Crippen molar-refractivity contribution in [2.45, 2.75) is 41.2 Å². The predicted molar refractivity (Wildman–Crippen MR) is 124 cm³/mol. The van der Waals surface area contributed by atoms with Crippen LogP contribution in [0.15, 0.2) is 22.7 Å². The molecular weight excluding hydrogens is 443 g/mol. The fraction of sp³-hybridized carbons (Fsp3) is 0.286. The van der Waals surface area contributed by atoms with Crippen LogP contribution in [0.3, 0.4) is 0 Å². The molecule has 0 aliphatic heterocycles. The average Bonchev–Trinajstić information content (AvgIpc) is 3.33. The molecule has 0 bridgehead atoms. The summed E-state index contributed by atoms with van der Waals surface area (Å²) < 4.78 is 11.1. The van der Waals surface area contributed by atoms with Gasteiger partial charge in [-0.15, -0.1) is 11.3 Å². The van der Waals surface area contributed by atoms with Gasteiger partial charge < -0.3 is 15.0 Å². The number of thiophene rings is 1. The number of anilines is 1. The number of benzene rings is 1. The monoisotopic (exact) mass is 464 g/mol. The molecule has 0 fully saturated rings. The maximum Gasteiger partial charge on any atom is 0.270 e. The largest absolute Gasteiger partial charge is 0.485 e.